The Hall–Kier alpha value is -2.05. The van der Waals surface area contributed by atoms with Crippen molar-refractivity contribution in [3.05, 3.63) is 51.6 Å². The van der Waals surface area contributed by atoms with Crippen LogP contribution in [0.5, 0.6) is 0 Å². The van der Waals surface area contributed by atoms with Crippen molar-refractivity contribution in [3.8, 4) is 0 Å². The van der Waals surface area contributed by atoms with Crippen LogP contribution in [0.1, 0.15) is 64.2 Å². The van der Waals surface area contributed by atoms with Gasteiger partial charge in [-0.25, -0.2) is 0 Å². The summed E-state index contributed by atoms with van der Waals surface area (Å²) in [6.45, 7) is 11.4. The van der Waals surface area contributed by atoms with Crippen LogP contribution in [0.4, 0.5) is 5.69 Å². The minimum absolute atomic E-state index is 0.0194. The number of ketones is 1. The predicted octanol–water partition coefficient (Wildman–Crippen LogP) is 4.99. The Labute approximate surface area is 173 Å². The van der Waals surface area contributed by atoms with E-state index in [1.807, 2.05) is 0 Å². The summed E-state index contributed by atoms with van der Waals surface area (Å²) in [7, 11) is 0. The summed E-state index contributed by atoms with van der Waals surface area (Å²) in [4.78, 5) is 26.1. The molecule has 0 N–H and O–H groups in total. The molecule has 1 aliphatic carbocycles. The molecule has 0 bridgehead atoms. The Balaban J connectivity index is 1.94. The maximum atomic E-state index is 13.4. The third-order valence-electron chi connectivity index (χ3n) is 6.57. The van der Waals surface area contributed by atoms with Crippen LogP contribution in [0.15, 0.2) is 35.9 Å². The fourth-order valence-electron chi connectivity index (χ4n) is 4.75. The third-order valence-corrected chi connectivity index (χ3v) is 6.57. The highest BCUT2D eigenvalue weighted by atomic mass is 16.6. The van der Waals surface area contributed by atoms with Crippen molar-refractivity contribution in [2.24, 2.45) is 11.8 Å². The third kappa shape index (κ3) is 4.43. The van der Waals surface area contributed by atoms with Gasteiger partial charge in [-0.15, -0.1) is 0 Å². The van der Waals surface area contributed by atoms with Gasteiger partial charge in [0, 0.05) is 35.7 Å². The number of allylic oxidation sites excluding steroid dienone is 1. The fraction of sp³-hybridized carbons (Fsp3) is 0.609. The van der Waals surface area contributed by atoms with Gasteiger partial charge in [0.1, 0.15) is 0 Å². The zero-order chi connectivity index (χ0) is 21.3. The summed E-state index contributed by atoms with van der Waals surface area (Å²) in [5, 5.41) is 10.9. The van der Waals surface area contributed by atoms with Gasteiger partial charge in [0.25, 0.3) is 5.69 Å². The van der Waals surface area contributed by atoms with Gasteiger partial charge in [0.15, 0.2) is 6.23 Å². The first-order valence-corrected chi connectivity index (χ1v) is 10.5. The number of Topliss-reactive ketones (excluding diaryl/α,β-unsaturated/α-hetero) is 1. The van der Waals surface area contributed by atoms with E-state index in [0.29, 0.717) is 23.9 Å². The SMILES string of the molecule is CC(C)=CCN1[C@H](C(=O)c2ccc([N+](=O)[O-])cc2)O[C@@H]2C[C@H](C)CC[C@H]2C1(C)C. The normalized spacial score (nSPS) is 29.0. The van der Waals surface area contributed by atoms with E-state index in [2.05, 4.69) is 45.6 Å². The van der Waals surface area contributed by atoms with E-state index in [-0.39, 0.29) is 23.1 Å². The smallest absolute Gasteiger partial charge is 0.269 e. The van der Waals surface area contributed by atoms with Crippen molar-refractivity contribution in [2.75, 3.05) is 6.54 Å². The minimum Gasteiger partial charge on any atom is -0.352 e. The molecule has 3 rings (SSSR count). The van der Waals surface area contributed by atoms with Gasteiger partial charge < -0.3 is 4.74 Å². The minimum atomic E-state index is -0.686. The van der Waals surface area contributed by atoms with E-state index in [9.17, 15) is 14.9 Å². The second kappa shape index (κ2) is 8.36. The van der Waals surface area contributed by atoms with Crippen molar-refractivity contribution in [3.63, 3.8) is 0 Å². The highest BCUT2D eigenvalue weighted by Gasteiger charge is 2.52. The molecule has 0 spiro atoms. The summed E-state index contributed by atoms with van der Waals surface area (Å²) in [5.41, 5.74) is 1.44. The second-order valence-electron chi connectivity index (χ2n) is 9.31. The molecular weight excluding hydrogens is 368 g/mol. The van der Waals surface area contributed by atoms with Crippen LogP contribution in [0.25, 0.3) is 0 Å². The molecule has 0 unspecified atom stereocenters. The molecular formula is C23H32N2O4. The molecule has 1 saturated carbocycles. The van der Waals surface area contributed by atoms with E-state index in [4.69, 9.17) is 4.74 Å². The van der Waals surface area contributed by atoms with Crippen LogP contribution < -0.4 is 0 Å². The monoisotopic (exact) mass is 400 g/mol. The average Bonchev–Trinajstić information content (AvgIpc) is 2.65. The van der Waals surface area contributed by atoms with Gasteiger partial charge in [-0.1, -0.05) is 25.0 Å². The van der Waals surface area contributed by atoms with Gasteiger partial charge in [-0.3, -0.25) is 19.8 Å². The Bertz CT molecular complexity index is 796. The van der Waals surface area contributed by atoms with Gasteiger partial charge >= 0.3 is 0 Å². The van der Waals surface area contributed by atoms with Crippen LogP contribution in [-0.2, 0) is 4.74 Å². The van der Waals surface area contributed by atoms with Gasteiger partial charge in [0.05, 0.1) is 11.0 Å². The lowest BCUT2D eigenvalue weighted by molar-refractivity contribution is -0.384. The van der Waals surface area contributed by atoms with Crippen LogP contribution in [0.2, 0.25) is 0 Å². The number of carbonyl (C=O) groups is 1. The average molecular weight is 401 g/mol. The molecule has 1 saturated heterocycles. The summed E-state index contributed by atoms with van der Waals surface area (Å²) < 4.78 is 6.45. The van der Waals surface area contributed by atoms with Crippen molar-refractivity contribution in [1.82, 2.24) is 4.90 Å². The molecule has 6 heteroatoms. The molecule has 6 nitrogen and oxygen atoms in total. The molecule has 4 atom stereocenters. The van der Waals surface area contributed by atoms with Crippen LogP contribution in [0.3, 0.4) is 0 Å². The highest BCUT2D eigenvalue weighted by Crippen LogP contribution is 2.45. The molecule has 29 heavy (non-hydrogen) atoms. The first-order chi connectivity index (χ1) is 13.6. The van der Waals surface area contributed by atoms with Crippen molar-refractivity contribution in [2.45, 2.75) is 71.8 Å². The molecule has 1 heterocycles. The maximum absolute atomic E-state index is 13.4. The Morgan fingerprint density at radius 1 is 1.28 bits per heavy atom. The summed E-state index contributed by atoms with van der Waals surface area (Å²) in [5.74, 6) is 0.837. The topological polar surface area (TPSA) is 72.7 Å². The second-order valence-corrected chi connectivity index (χ2v) is 9.31. The van der Waals surface area contributed by atoms with Crippen LogP contribution in [0, 0.1) is 22.0 Å². The number of hydrogen-bond donors (Lipinski definition) is 0. The summed E-state index contributed by atoms with van der Waals surface area (Å²) in [6.07, 6.45) is 4.76. The largest absolute Gasteiger partial charge is 0.352 e. The Morgan fingerprint density at radius 3 is 2.52 bits per heavy atom. The number of fused-ring (bicyclic) bond motifs is 1. The van der Waals surface area contributed by atoms with Crippen LogP contribution >= 0.6 is 0 Å². The molecule has 0 amide bonds. The number of ether oxygens (including phenoxy) is 1. The molecule has 0 aromatic heterocycles. The van der Waals surface area contributed by atoms with Gasteiger partial charge in [-0.2, -0.15) is 0 Å². The summed E-state index contributed by atoms with van der Waals surface area (Å²) >= 11 is 0. The number of carbonyl (C=O) groups excluding carboxylic acids is 1. The highest BCUT2D eigenvalue weighted by molar-refractivity contribution is 5.99. The maximum Gasteiger partial charge on any atom is 0.269 e. The first kappa shape index (κ1) is 21.7. The molecule has 2 aliphatic rings. The number of benzene rings is 1. The van der Waals surface area contributed by atoms with E-state index in [1.54, 1.807) is 0 Å². The molecule has 1 aromatic carbocycles. The zero-order valence-corrected chi connectivity index (χ0v) is 18.1. The van der Waals surface area contributed by atoms with Crippen LogP contribution in [-0.4, -0.2) is 40.0 Å². The Kier molecular flexibility index (Phi) is 6.24. The molecule has 1 aromatic rings. The van der Waals surface area contributed by atoms with Crippen molar-refractivity contribution < 1.29 is 14.5 Å². The van der Waals surface area contributed by atoms with Crippen molar-refractivity contribution in [1.29, 1.82) is 0 Å². The molecule has 2 fully saturated rings. The Morgan fingerprint density at radius 2 is 1.93 bits per heavy atom. The fourth-order valence-corrected chi connectivity index (χ4v) is 4.75. The lowest BCUT2D eigenvalue weighted by Gasteiger charge is -2.56. The zero-order valence-electron chi connectivity index (χ0n) is 18.1. The molecule has 158 valence electrons. The quantitative estimate of drug-likeness (QED) is 0.301. The van der Waals surface area contributed by atoms with E-state index >= 15 is 0 Å². The standard InChI is InChI=1S/C23H32N2O4/c1-15(2)12-13-24-22(21(26)17-7-9-18(10-8-17)25(27)28)29-20-14-16(3)6-11-19(20)23(24,4)5/h7-10,12,16,19-20,22H,6,11,13-14H2,1-5H3/t16-,19-,20-,22+/m1/s1. The summed E-state index contributed by atoms with van der Waals surface area (Å²) in [6, 6.07) is 5.83. The lowest BCUT2D eigenvalue weighted by atomic mass is 9.69. The molecule has 0 radical (unpaired) electrons. The van der Waals surface area contributed by atoms with Crippen molar-refractivity contribution >= 4 is 11.5 Å². The number of nitro benzene ring substituents is 1. The number of rotatable bonds is 5. The van der Waals surface area contributed by atoms with E-state index in [1.165, 1.54) is 36.3 Å². The number of nitro groups is 1. The molecule has 1 aliphatic heterocycles. The number of hydrogen-bond acceptors (Lipinski definition) is 5. The first-order valence-electron chi connectivity index (χ1n) is 10.5. The predicted molar refractivity (Wildman–Crippen MR) is 113 cm³/mol. The number of non-ortho nitro benzene ring substituents is 1. The number of nitrogens with zero attached hydrogens (tertiary/aromatic N) is 2. The lowest BCUT2D eigenvalue weighted by Crippen LogP contribution is -2.66. The van der Waals surface area contributed by atoms with E-state index < -0.39 is 11.2 Å². The van der Waals surface area contributed by atoms with Gasteiger partial charge in [-0.05, 0) is 58.6 Å². The van der Waals surface area contributed by atoms with E-state index in [0.717, 1.165) is 12.8 Å². The van der Waals surface area contributed by atoms with Gasteiger partial charge in [0.2, 0.25) is 5.78 Å².